The van der Waals surface area contributed by atoms with Crippen LogP contribution in [-0.2, 0) is 25.3 Å². The first-order valence-corrected chi connectivity index (χ1v) is 14.4. The van der Waals surface area contributed by atoms with Crippen molar-refractivity contribution in [2.75, 3.05) is 6.61 Å². The Kier molecular flexibility index (Phi) is 7.38. The fraction of sp³-hybridized carbons (Fsp3) is 0.667. The van der Waals surface area contributed by atoms with Crippen molar-refractivity contribution in [2.45, 2.75) is 102 Å². The van der Waals surface area contributed by atoms with Crippen LogP contribution >= 0.6 is 0 Å². The van der Waals surface area contributed by atoms with Crippen molar-refractivity contribution in [3.63, 3.8) is 0 Å². The molecule has 2 saturated heterocycles. The van der Waals surface area contributed by atoms with E-state index in [4.69, 9.17) is 14.0 Å². The molecular weight excluding hydrogens is 498 g/mol. The number of hydrogen-bond donors (Lipinski definition) is 1. The van der Waals surface area contributed by atoms with Gasteiger partial charge in [-0.25, -0.2) is 9.18 Å². The molecule has 5 fully saturated rings. The summed E-state index contributed by atoms with van der Waals surface area (Å²) in [6.45, 7) is 14.5. The monoisotopic (exact) mass is 540 g/mol. The number of ether oxygens (including phenoxy) is 1. The van der Waals surface area contributed by atoms with Gasteiger partial charge in [0.15, 0.2) is 0 Å². The van der Waals surface area contributed by atoms with E-state index in [0.717, 1.165) is 37.7 Å². The van der Waals surface area contributed by atoms with Crippen molar-refractivity contribution >= 4 is 19.1 Å². The number of nitrogens with zero attached hydrogens (tertiary/aromatic N) is 1. The number of carbonyl (C=O) groups excluding carboxylic acids is 2. The van der Waals surface area contributed by atoms with Gasteiger partial charge in [0.1, 0.15) is 12.4 Å². The Hall–Kier alpha value is -2.39. The molecule has 0 aromatic heterocycles. The molecule has 7 nitrogen and oxygen atoms in total. The van der Waals surface area contributed by atoms with Gasteiger partial charge in [0, 0.05) is 6.04 Å². The molecule has 6 rings (SSSR count). The molecule has 2 bridgehead atoms. The second kappa shape index (κ2) is 10.2. The highest BCUT2D eigenvalue weighted by atomic mass is 19.1. The second-order valence-electron chi connectivity index (χ2n) is 13.0. The SMILES string of the molecule is C=CC(=O)N1C(CC)CCC1(C)COC(=O)N[C@@H](Cc1ccc(F)cc1)B1O[C@@H]2C[C@@H]3C[C@@H](C3(C)C)[C@]2(C)O1. The highest BCUT2D eigenvalue weighted by molar-refractivity contribution is 6.47. The fourth-order valence-corrected chi connectivity index (χ4v) is 7.82. The number of carbonyl (C=O) groups is 2. The van der Waals surface area contributed by atoms with Gasteiger partial charge in [0.25, 0.3) is 0 Å². The minimum atomic E-state index is -0.655. The van der Waals surface area contributed by atoms with Gasteiger partial charge in [0.2, 0.25) is 5.91 Å². The number of alkyl carbamates (subject to hydrolysis) is 1. The topological polar surface area (TPSA) is 77.1 Å². The van der Waals surface area contributed by atoms with Gasteiger partial charge in [-0.15, -0.1) is 0 Å². The summed E-state index contributed by atoms with van der Waals surface area (Å²) in [6, 6.07) is 6.34. The molecule has 1 aromatic carbocycles. The van der Waals surface area contributed by atoms with Crippen LogP contribution in [-0.4, -0.2) is 59.9 Å². The predicted octanol–water partition coefficient (Wildman–Crippen LogP) is 5.08. The summed E-state index contributed by atoms with van der Waals surface area (Å²) in [5.74, 6) is 0.00262. The van der Waals surface area contributed by atoms with E-state index in [1.807, 2.05) is 11.8 Å². The quantitative estimate of drug-likeness (QED) is 0.368. The molecule has 39 heavy (non-hydrogen) atoms. The van der Waals surface area contributed by atoms with Crippen LogP contribution in [0.15, 0.2) is 36.9 Å². The molecule has 1 aromatic rings. The van der Waals surface area contributed by atoms with E-state index < -0.39 is 30.3 Å². The molecule has 5 aliphatic rings. The van der Waals surface area contributed by atoms with E-state index >= 15 is 0 Å². The molecule has 2 amide bonds. The van der Waals surface area contributed by atoms with Gasteiger partial charge in [-0.05, 0) is 93.4 Å². The van der Waals surface area contributed by atoms with Gasteiger partial charge in [-0.3, -0.25) is 4.79 Å². The number of halogens is 1. The molecule has 2 unspecified atom stereocenters. The summed E-state index contributed by atoms with van der Waals surface area (Å²) in [6.07, 6.45) is 5.59. The molecule has 7 atom stereocenters. The third-order valence-corrected chi connectivity index (χ3v) is 10.3. The lowest BCUT2D eigenvalue weighted by Gasteiger charge is -2.64. The molecule has 0 radical (unpaired) electrons. The number of amides is 2. The third kappa shape index (κ3) is 4.90. The lowest BCUT2D eigenvalue weighted by atomic mass is 9.43. The molecule has 212 valence electrons. The maximum Gasteiger partial charge on any atom is 0.482 e. The first-order chi connectivity index (χ1) is 18.4. The van der Waals surface area contributed by atoms with Crippen LogP contribution in [0.2, 0.25) is 0 Å². The average molecular weight is 540 g/mol. The number of benzene rings is 1. The van der Waals surface area contributed by atoms with Crippen LogP contribution < -0.4 is 5.32 Å². The van der Waals surface area contributed by atoms with Crippen molar-refractivity contribution in [1.82, 2.24) is 10.2 Å². The maximum atomic E-state index is 13.6. The zero-order valence-electron chi connectivity index (χ0n) is 23.9. The average Bonchev–Trinajstić information content (AvgIpc) is 3.44. The normalized spacial score (nSPS) is 35.1. The third-order valence-electron chi connectivity index (χ3n) is 10.3. The zero-order valence-corrected chi connectivity index (χ0v) is 23.9. The molecule has 1 N–H and O–H groups in total. The van der Waals surface area contributed by atoms with E-state index in [2.05, 4.69) is 39.6 Å². The van der Waals surface area contributed by atoms with Crippen LogP contribution in [0.3, 0.4) is 0 Å². The van der Waals surface area contributed by atoms with Crippen LogP contribution in [0.4, 0.5) is 9.18 Å². The van der Waals surface area contributed by atoms with Crippen molar-refractivity contribution in [3.05, 3.63) is 48.3 Å². The Morgan fingerprint density at radius 2 is 1.97 bits per heavy atom. The summed E-state index contributed by atoms with van der Waals surface area (Å²) in [5, 5.41) is 2.99. The smallest absolute Gasteiger partial charge is 0.447 e. The molecule has 2 heterocycles. The van der Waals surface area contributed by atoms with Crippen LogP contribution in [0.1, 0.15) is 72.3 Å². The standard InChI is InChI=1S/C30H42BFN2O5/c1-7-22-13-14-29(5,34(22)26(35)8-2)18-37-27(36)33-25(15-19-9-11-21(32)12-10-19)31-38-24-17-20-16-23(28(20,3)4)30(24,6)39-31/h8-12,20,22-25H,2,7,13-18H2,1,3-6H3,(H,33,36)/t20-,22?,23-,24+,25-,29?,30-/m0/s1. The molecular formula is C30H42BFN2O5. The summed E-state index contributed by atoms with van der Waals surface area (Å²) < 4.78 is 32.5. The lowest BCUT2D eigenvalue weighted by Crippen LogP contribution is -2.65. The van der Waals surface area contributed by atoms with Crippen molar-refractivity contribution in [3.8, 4) is 0 Å². The zero-order chi connectivity index (χ0) is 28.2. The Balaban J connectivity index is 1.30. The molecule has 2 aliphatic heterocycles. The highest BCUT2D eigenvalue weighted by Gasteiger charge is 2.68. The van der Waals surface area contributed by atoms with Gasteiger partial charge in [0.05, 0.1) is 23.2 Å². The number of rotatable bonds is 8. The second-order valence-corrected chi connectivity index (χ2v) is 13.0. The Morgan fingerprint density at radius 3 is 2.62 bits per heavy atom. The van der Waals surface area contributed by atoms with Crippen LogP contribution in [0.5, 0.6) is 0 Å². The molecule has 0 spiro atoms. The summed E-state index contributed by atoms with van der Waals surface area (Å²) >= 11 is 0. The van der Waals surface area contributed by atoms with Gasteiger partial charge >= 0.3 is 13.2 Å². The summed E-state index contributed by atoms with van der Waals surface area (Å²) in [4.78, 5) is 27.6. The Bertz CT molecular complexity index is 1120. The predicted molar refractivity (Wildman–Crippen MR) is 147 cm³/mol. The van der Waals surface area contributed by atoms with Crippen LogP contribution in [0.25, 0.3) is 0 Å². The summed E-state index contributed by atoms with van der Waals surface area (Å²) in [7, 11) is -0.655. The minimum Gasteiger partial charge on any atom is -0.447 e. The number of likely N-dealkylation sites (tertiary alicyclic amines) is 1. The van der Waals surface area contributed by atoms with E-state index in [9.17, 15) is 14.0 Å². The van der Waals surface area contributed by atoms with Crippen LogP contribution in [0, 0.1) is 23.1 Å². The Labute approximate surface area is 232 Å². The van der Waals surface area contributed by atoms with E-state index in [-0.39, 0.29) is 35.9 Å². The highest BCUT2D eigenvalue weighted by Crippen LogP contribution is 2.65. The Morgan fingerprint density at radius 1 is 1.26 bits per heavy atom. The van der Waals surface area contributed by atoms with Crippen molar-refractivity contribution in [2.24, 2.45) is 17.3 Å². The van der Waals surface area contributed by atoms with Gasteiger partial charge in [-0.2, -0.15) is 0 Å². The number of hydrogen-bond acceptors (Lipinski definition) is 5. The minimum absolute atomic E-state index is 0.0327. The maximum absolute atomic E-state index is 13.6. The van der Waals surface area contributed by atoms with Crippen molar-refractivity contribution in [1.29, 1.82) is 0 Å². The first kappa shape index (κ1) is 28.2. The molecule has 9 heteroatoms. The van der Waals surface area contributed by atoms with E-state index in [0.29, 0.717) is 18.3 Å². The van der Waals surface area contributed by atoms with Gasteiger partial charge in [-0.1, -0.05) is 39.5 Å². The van der Waals surface area contributed by atoms with Crippen molar-refractivity contribution < 1.29 is 28.0 Å². The van der Waals surface area contributed by atoms with E-state index in [1.54, 1.807) is 12.1 Å². The first-order valence-electron chi connectivity index (χ1n) is 14.4. The number of nitrogens with one attached hydrogen (secondary N) is 1. The fourth-order valence-electron chi connectivity index (χ4n) is 7.82. The van der Waals surface area contributed by atoms with Gasteiger partial charge < -0.3 is 24.3 Å². The summed E-state index contributed by atoms with van der Waals surface area (Å²) in [5.41, 5.74) is 0.0258. The lowest BCUT2D eigenvalue weighted by molar-refractivity contribution is -0.199. The largest absolute Gasteiger partial charge is 0.482 e. The molecule has 3 saturated carbocycles. The molecule has 3 aliphatic carbocycles. The van der Waals surface area contributed by atoms with E-state index in [1.165, 1.54) is 18.2 Å².